The molecular weight excluding hydrogens is 352 g/mol. The van der Waals surface area contributed by atoms with Gasteiger partial charge in [-0.05, 0) is 31.0 Å². The zero-order valence-electron chi connectivity index (χ0n) is 13.8. The predicted molar refractivity (Wildman–Crippen MR) is 94.9 cm³/mol. The maximum atomic E-state index is 11.0. The van der Waals surface area contributed by atoms with Crippen molar-refractivity contribution in [2.24, 2.45) is 0 Å². The minimum Gasteiger partial charge on any atom is -0.504 e. The van der Waals surface area contributed by atoms with Gasteiger partial charge in [0.15, 0.2) is 21.3 Å². The summed E-state index contributed by atoms with van der Waals surface area (Å²) in [4.78, 5) is -0.132. The van der Waals surface area contributed by atoms with Crippen LogP contribution in [-0.4, -0.2) is 31.5 Å². The Bertz CT molecular complexity index is 764. The van der Waals surface area contributed by atoms with Gasteiger partial charge in [0.2, 0.25) is 0 Å². The van der Waals surface area contributed by atoms with E-state index in [0.29, 0.717) is 0 Å². The first-order valence-electron chi connectivity index (χ1n) is 7.26. The van der Waals surface area contributed by atoms with Gasteiger partial charge in [0, 0.05) is 12.3 Å². The van der Waals surface area contributed by atoms with Crippen molar-refractivity contribution in [3.63, 3.8) is 0 Å². The summed E-state index contributed by atoms with van der Waals surface area (Å²) in [6.45, 7) is 4.98. The van der Waals surface area contributed by atoms with E-state index in [-0.39, 0.29) is 9.92 Å². The number of halogens is 1. The van der Waals surface area contributed by atoms with Gasteiger partial charge in [-0.1, -0.05) is 36.7 Å². The minimum atomic E-state index is -3.42. The van der Waals surface area contributed by atoms with Crippen LogP contribution in [0.5, 0.6) is 17.2 Å². The number of benzene rings is 2. The average molecular weight is 373 g/mol. The van der Waals surface area contributed by atoms with E-state index in [0.717, 1.165) is 37.2 Å². The zero-order chi connectivity index (χ0) is 18.3. The first-order chi connectivity index (χ1) is 11.2. The number of rotatable bonds is 4. The monoisotopic (exact) mass is 372 g/mol. The van der Waals surface area contributed by atoms with Gasteiger partial charge in [-0.15, -0.1) is 0 Å². The van der Waals surface area contributed by atoms with E-state index in [2.05, 4.69) is 19.9 Å². The summed E-state index contributed by atoms with van der Waals surface area (Å²) in [6, 6.07) is 10.1. The van der Waals surface area contributed by atoms with Crippen molar-refractivity contribution in [2.45, 2.75) is 25.2 Å². The van der Waals surface area contributed by atoms with Crippen LogP contribution in [0.1, 0.15) is 18.9 Å². The maximum absolute atomic E-state index is 11.0. The Labute approximate surface area is 147 Å². The van der Waals surface area contributed by atoms with Crippen LogP contribution in [0.25, 0.3) is 0 Å². The van der Waals surface area contributed by atoms with Gasteiger partial charge in [0.05, 0.1) is 16.5 Å². The number of ether oxygens (including phenoxy) is 1. The molecule has 0 saturated heterocycles. The Balaban J connectivity index is 0.000000243. The predicted octanol–water partition coefficient (Wildman–Crippen LogP) is 3.94. The molecule has 0 fully saturated rings. The number of phenols is 2. The smallest absolute Gasteiger partial charge is 0.176 e. The number of hydrogen-bond donors (Lipinski definition) is 2. The van der Waals surface area contributed by atoms with Crippen molar-refractivity contribution in [3.05, 3.63) is 47.0 Å². The molecule has 0 aromatic heterocycles. The number of para-hydroxylation sites is 1. The number of aromatic hydroxyl groups is 2. The van der Waals surface area contributed by atoms with Crippen molar-refractivity contribution in [2.75, 3.05) is 12.9 Å². The maximum Gasteiger partial charge on any atom is 0.176 e. The van der Waals surface area contributed by atoms with Gasteiger partial charge in [0.1, 0.15) is 5.75 Å². The van der Waals surface area contributed by atoms with E-state index in [1.165, 1.54) is 5.56 Å². The Morgan fingerprint density at radius 1 is 1.17 bits per heavy atom. The van der Waals surface area contributed by atoms with Crippen LogP contribution in [0.3, 0.4) is 0 Å². The number of sulfone groups is 1. The van der Waals surface area contributed by atoms with Gasteiger partial charge in [0.25, 0.3) is 0 Å². The largest absolute Gasteiger partial charge is 0.504 e. The molecule has 0 bridgehead atoms. The second-order valence-corrected chi connectivity index (χ2v) is 7.58. The van der Waals surface area contributed by atoms with Crippen LogP contribution in [0.2, 0.25) is 5.02 Å². The highest BCUT2D eigenvalue weighted by molar-refractivity contribution is 7.90. The molecule has 0 radical (unpaired) electrons. The van der Waals surface area contributed by atoms with Gasteiger partial charge in [-0.25, -0.2) is 8.42 Å². The van der Waals surface area contributed by atoms with E-state index in [1.54, 1.807) is 0 Å². The van der Waals surface area contributed by atoms with E-state index < -0.39 is 21.3 Å². The molecule has 2 rings (SSSR count). The molecule has 0 saturated carbocycles. The minimum absolute atomic E-state index is 0.132. The highest BCUT2D eigenvalue weighted by Gasteiger charge is 2.13. The molecule has 0 spiro atoms. The number of aryl methyl sites for hydroxylation is 1. The highest BCUT2D eigenvalue weighted by Crippen LogP contribution is 2.35. The van der Waals surface area contributed by atoms with Crippen molar-refractivity contribution in [1.82, 2.24) is 0 Å². The van der Waals surface area contributed by atoms with Crippen molar-refractivity contribution in [3.8, 4) is 17.2 Å². The van der Waals surface area contributed by atoms with E-state index in [1.807, 2.05) is 18.2 Å². The molecule has 5 nitrogen and oxygen atoms in total. The fraction of sp³-hybridized carbons (Fsp3) is 0.294. The standard InChI is InChI=1S/C10H14O.C7H7ClO4S/c1-3-8-11-10-7-5-4-6-9(10)2;1-13(11,12)4-2-5(8)7(10)6(9)3-4/h4-7H,3,8H2,1-2H3;2-3,9-10H,1H3. The van der Waals surface area contributed by atoms with Crippen molar-refractivity contribution < 1.29 is 23.4 Å². The Morgan fingerprint density at radius 2 is 1.79 bits per heavy atom. The molecule has 0 amide bonds. The molecule has 2 aromatic carbocycles. The SMILES string of the molecule is CCCOc1ccccc1C.CS(=O)(=O)c1cc(O)c(O)c(Cl)c1. The summed E-state index contributed by atoms with van der Waals surface area (Å²) in [5, 5.41) is 17.9. The molecule has 24 heavy (non-hydrogen) atoms. The van der Waals surface area contributed by atoms with Crippen LogP contribution in [-0.2, 0) is 9.84 Å². The molecule has 0 aliphatic carbocycles. The third-order valence-corrected chi connectivity index (χ3v) is 4.38. The third-order valence-electron chi connectivity index (χ3n) is 3.00. The lowest BCUT2D eigenvalue weighted by Crippen LogP contribution is -1.96. The lowest BCUT2D eigenvalue weighted by atomic mass is 10.2. The normalized spacial score (nSPS) is 10.7. The second-order valence-electron chi connectivity index (χ2n) is 5.16. The Morgan fingerprint density at radius 3 is 2.29 bits per heavy atom. The Kier molecular flexibility index (Phi) is 7.38. The summed E-state index contributed by atoms with van der Waals surface area (Å²) in [5.41, 5.74) is 1.21. The van der Waals surface area contributed by atoms with Gasteiger partial charge in [-0.3, -0.25) is 0 Å². The molecule has 0 aliphatic heterocycles. The fourth-order valence-electron chi connectivity index (χ4n) is 1.70. The van der Waals surface area contributed by atoms with Crippen LogP contribution in [0.15, 0.2) is 41.3 Å². The van der Waals surface area contributed by atoms with E-state index >= 15 is 0 Å². The van der Waals surface area contributed by atoms with Crippen LogP contribution < -0.4 is 4.74 Å². The summed E-state index contributed by atoms with van der Waals surface area (Å²) in [5.74, 6) is -0.0589. The molecule has 0 aliphatic rings. The molecular formula is C17H21ClO5S. The van der Waals surface area contributed by atoms with Gasteiger partial charge >= 0.3 is 0 Å². The van der Waals surface area contributed by atoms with E-state index in [4.69, 9.17) is 26.6 Å². The molecule has 2 aromatic rings. The van der Waals surface area contributed by atoms with E-state index in [9.17, 15) is 8.42 Å². The summed E-state index contributed by atoms with van der Waals surface area (Å²) < 4.78 is 27.5. The topological polar surface area (TPSA) is 83.8 Å². The summed E-state index contributed by atoms with van der Waals surface area (Å²) in [7, 11) is -3.42. The van der Waals surface area contributed by atoms with Gasteiger partial charge < -0.3 is 14.9 Å². The first-order valence-corrected chi connectivity index (χ1v) is 9.53. The average Bonchev–Trinajstić information content (AvgIpc) is 2.51. The lowest BCUT2D eigenvalue weighted by molar-refractivity contribution is 0.315. The molecule has 2 N–H and O–H groups in total. The molecule has 7 heteroatoms. The second kappa shape index (κ2) is 8.80. The molecule has 0 heterocycles. The summed E-state index contributed by atoms with van der Waals surface area (Å²) >= 11 is 5.45. The van der Waals surface area contributed by atoms with Crippen LogP contribution in [0, 0.1) is 6.92 Å². The van der Waals surface area contributed by atoms with Crippen LogP contribution in [0.4, 0.5) is 0 Å². The first kappa shape index (κ1) is 20.1. The molecule has 132 valence electrons. The summed E-state index contributed by atoms with van der Waals surface area (Å²) in [6.07, 6.45) is 2.05. The molecule has 0 atom stereocenters. The number of hydrogen-bond acceptors (Lipinski definition) is 5. The van der Waals surface area contributed by atoms with Crippen molar-refractivity contribution in [1.29, 1.82) is 0 Å². The molecule has 0 unspecified atom stereocenters. The highest BCUT2D eigenvalue weighted by atomic mass is 35.5. The van der Waals surface area contributed by atoms with Gasteiger partial charge in [-0.2, -0.15) is 0 Å². The zero-order valence-corrected chi connectivity index (χ0v) is 15.4. The lowest BCUT2D eigenvalue weighted by Gasteiger charge is -2.06. The van der Waals surface area contributed by atoms with Crippen molar-refractivity contribution >= 4 is 21.4 Å². The van der Waals surface area contributed by atoms with Crippen LogP contribution >= 0.6 is 11.6 Å². The fourth-order valence-corrected chi connectivity index (χ4v) is 2.64. The third kappa shape index (κ3) is 5.94. The quantitative estimate of drug-likeness (QED) is 0.794. The Hall–Kier alpha value is -1.92. The number of phenolic OH excluding ortho intramolecular Hbond substituents is 2.